The lowest BCUT2D eigenvalue weighted by molar-refractivity contribution is -0.147. The molecule has 0 aliphatic heterocycles. The van der Waals surface area contributed by atoms with Gasteiger partial charge in [-0.25, -0.2) is 0 Å². The summed E-state index contributed by atoms with van der Waals surface area (Å²) < 4.78 is 0. The lowest BCUT2D eigenvalue weighted by atomic mass is 9.80. The smallest absolute Gasteiger partial charge is 0.308 e. The van der Waals surface area contributed by atoms with Gasteiger partial charge in [0.2, 0.25) is 5.82 Å². The van der Waals surface area contributed by atoms with Crippen molar-refractivity contribution in [2.75, 3.05) is 0 Å². The first kappa shape index (κ1) is 10.9. The second-order valence-corrected chi connectivity index (χ2v) is 4.39. The van der Waals surface area contributed by atoms with Gasteiger partial charge in [0.05, 0.1) is 12.0 Å². The van der Waals surface area contributed by atoms with E-state index in [1.807, 2.05) is 30.3 Å². The van der Waals surface area contributed by atoms with Crippen LogP contribution < -0.4 is 0 Å². The first-order valence-corrected chi connectivity index (χ1v) is 5.83. The molecule has 0 saturated heterocycles. The number of carboxylic acids is 1. The Morgan fingerprint density at radius 1 is 1.28 bits per heavy atom. The van der Waals surface area contributed by atoms with E-state index in [-0.39, 0.29) is 12.0 Å². The Labute approximate surface area is 103 Å². The standard InChI is InChI=1S/C12H12N4O2/c17-12(18)9-6-7-10(9)16-14-11(13-15-16)8-4-2-1-3-5-8/h1-5,9-10H,6-7H2,(H,17,18). The van der Waals surface area contributed by atoms with Gasteiger partial charge in [0.1, 0.15) is 0 Å². The van der Waals surface area contributed by atoms with Crippen LogP contribution in [0.25, 0.3) is 11.4 Å². The van der Waals surface area contributed by atoms with Gasteiger partial charge >= 0.3 is 5.97 Å². The molecule has 3 rings (SSSR count). The topological polar surface area (TPSA) is 80.9 Å². The Morgan fingerprint density at radius 3 is 2.67 bits per heavy atom. The highest BCUT2D eigenvalue weighted by atomic mass is 16.4. The maximum absolute atomic E-state index is 11.0. The third kappa shape index (κ3) is 1.75. The van der Waals surface area contributed by atoms with Crippen LogP contribution in [0, 0.1) is 5.92 Å². The third-order valence-corrected chi connectivity index (χ3v) is 3.31. The minimum absolute atomic E-state index is 0.160. The fourth-order valence-electron chi connectivity index (χ4n) is 2.12. The summed E-state index contributed by atoms with van der Waals surface area (Å²) in [5.41, 5.74) is 0.884. The number of hydrogen-bond acceptors (Lipinski definition) is 4. The van der Waals surface area contributed by atoms with Crippen LogP contribution in [0.5, 0.6) is 0 Å². The molecule has 0 amide bonds. The Morgan fingerprint density at radius 2 is 2.06 bits per heavy atom. The van der Waals surface area contributed by atoms with Crippen molar-refractivity contribution in [2.45, 2.75) is 18.9 Å². The molecule has 1 heterocycles. The molecule has 2 aromatic rings. The molecule has 1 aromatic carbocycles. The number of benzene rings is 1. The number of tetrazole rings is 1. The van der Waals surface area contributed by atoms with Crippen LogP contribution >= 0.6 is 0 Å². The lowest BCUT2D eigenvalue weighted by Gasteiger charge is -2.31. The SMILES string of the molecule is O=C(O)C1CCC1n1nnc(-c2ccccc2)n1. The van der Waals surface area contributed by atoms with Crippen LogP contribution in [0.3, 0.4) is 0 Å². The molecule has 1 saturated carbocycles. The minimum atomic E-state index is -0.787. The van der Waals surface area contributed by atoms with E-state index in [1.165, 1.54) is 4.80 Å². The molecule has 0 radical (unpaired) electrons. The fraction of sp³-hybridized carbons (Fsp3) is 0.333. The minimum Gasteiger partial charge on any atom is -0.481 e. The van der Waals surface area contributed by atoms with Crippen LogP contribution in [0.15, 0.2) is 30.3 Å². The number of carbonyl (C=O) groups is 1. The van der Waals surface area contributed by atoms with E-state index in [9.17, 15) is 4.79 Å². The number of aromatic nitrogens is 4. The van der Waals surface area contributed by atoms with E-state index in [0.717, 1.165) is 12.0 Å². The molecule has 1 aliphatic rings. The van der Waals surface area contributed by atoms with E-state index in [4.69, 9.17) is 5.11 Å². The fourth-order valence-corrected chi connectivity index (χ4v) is 2.12. The van der Waals surface area contributed by atoms with Crippen molar-refractivity contribution < 1.29 is 9.90 Å². The molecule has 0 bridgehead atoms. The van der Waals surface area contributed by atoms with Gasteiger partial charge in [-0.15, -0.1) is 10.2 Å². The number of aliphatic carboxylic acids is 1. The Kier molecular flexibility index (Phi) is 2.55. The van der Waals surface area contributed by atoms with Gasteiger partial charge in [-0.3, -0.25) is 4.79 Å². The molecule has 1 aliphatic carbocycles. The van der Waals surface area contributed by atoms with Crippen molar-refractivity contribution in [2.24, 2.45) is 5.92 Å². The van der Waals surface area contributed by atoms with Gasteiger partial charge in [0.15, 0.2) is 0 Å². The van der Waals surface area contributed by atoms with Crippen molar-refractivity contribution >= 4 is 5.97 Å². The summed E-state index contributed by atoms with van der Waals surface area (Å²) in [7, 11) is 0. The third-order valence-electron chi connectivity index (χ3n) is 3.31. The summed E-state index contributed by atoms with van der Waals surface area (Å²) in [6, 6.07) is 9.36. The monoisotopic (exact) mass is 244 g/mol. The molecule has 2 unspecified atom stereocenters. The maximum atomic E-state index is 11.0. The van der Waals surface area contributed by atoms with E-state index < -0.39 is 5.97 Å². The number of hydrogen-bond donors (Lipinski definition) is 1. The van der Waals surface area contributed by atoms with Crippen LogP contribution in [0.2, 0.25) is 0 Å². The van der Waals surface area contributed by atoms with Crippen molar-refractivity contribution in [1.82, 2.24) is 20.2 Å². The highest BCUT2D eigenvalue weighted by Crippen LogP contribution is 2.37. The lowest BCUT2D eigenvalue weighted by Crippen LogP contribution is -2.36. The highest BCUT2D eigenvalue weighted by Gasteiger charge is 2.39. The van der Waals surface area contributed by atoms with Crippen molar-refractivity contribution in [3.8, 4) is 11.4 Å². The maximum Gasteiger partial charge on any atom is 0.308 e. The first-order valence-electron chi connectivity index (χ1n) is 5.83. The van der Waals surface area contributed by atoms with Gasteiger partial charge in [0, 0.05) is 5.56 Å². The molecular weight excluding hydrogens is 232 g/mol. The van der Waals surface area contributed by atoms with E-state index in [2.05, 4.69) is 15.4 Å². The summed E-state index contributed by atoms with van der Waals surface area (Å²) in [6.07, 6.45) is 1.48. The van der Waals surface area contributed by atoms with Gasteiger partial charge in [-0.2, -0.15) is 4.80 Å². The molecule has 18 heavy (non-hydrogen) atoms. The summed E-state index contributed by atoms with van der Waals surface area (Å²) in [4.78, 5) is 12.4. The van der Waals surface area contributed by atoms with Crippen molar-refractivity contribution in [3.63, 3.8) is 0 Å². The molecule has 6 nitrogen and oxygen atoms in total. The van der Waals surface area contributed by atoms with E-state index in [1.54, 1.807) is 0 Å². The zero-order valence-corrected chi connectivity index (χ0v) is 9.60. The van der Waals surface area contributed by atoms with Gasteiger partial charge in [-0.05, 0) is 18.1 Å². The summed E-state index contributed by atoms with van der Waals surface area (Å²) in [6.45, 7) is 0. The van der Waals surface area contributed by atoms with Gasteiger partial charge in [0.25, 0.3) is 0 Å². The predicted molar refractivity (Wildman–Crippen MR) is 62.6 cm³/mol. The van der Waals surface area contributed by atoms with Gasteiger partial charge < -0.3 is 5.11 Å². The molecule has 6 heteroatoms. The predicted octanol–water partition coefficient (Wildman–Crippen LogP) is 1.38. The molecule has 1 fully saturated rings. The molecule has 0 spiro atoms. The molecule has 1 aromatic heterocycles. The normalized spacial score (nSPS) is 22.4. The first-order chi connectivity index (χ1) is 8.75. The zero-order chi connectivity index (χ0) is 12.5. The number of rotatable bonds is 3. The molecule has 1 N–H and O–H groups in total. The molecular formula is C12H12N4O2. The average molecular weight is 244 g/mol. The highest BCUT2D eigenvalue weighted by molar-refractivity contribution is 5.71. The second-order valence-electron chi connectivity index (χ2n) is 4.39. The summed E-state index contributed by atoms with van der Waals surface area (Å²) in [5.74, 6) is -0.640. The van der Waals surface area contributed by atoms with Crippen LogP contribution in [-0.4, -0.2) is 31.3 Å². The largest absolute Gasteiger partial charge is 0.481 e. The van der Waals surface area contributed by atoms with Crippen LogP contribution in [0.1, 0.15) is 18.9 Å². The van der Waals surface area contributed by atoms with Crippen molar-refractivity contribution in [1.29, 1.82) is 0 Å². The Bertz CT molecular complexity index is 566. The summed E-state index contributed by atoms with van der Waals surface area (Å²) >= 11 is 0. The Hall–Kier alpha value is -2.24. The summed E-state index contributed by atoms with van der Waals surface area (Å²) in [5, 5.41) is 21.2. The van der Waals surface area contributed by atoms with Crippen LogP contribution in [-0.2, 0) is 4.79 Å². The molecule has 92 valence electrons. The van der Waals surface area contributed by atoms with Crippen molar-refractivity contribution in [3.05, 3.63) is 30.3 Å². The Balaban J connectivity index is 1.84. The van der Waals surface area contributed by atoms with Crippen LogP contribution in [0.4, 0.5) is 0 Å². The number of carboxylic acid groups (broad SMARTS) is 1. The average Bonchev–Trinajstić information content (AvgIpc) is 2.77. The zero-order valence-electron chi connectivity index (χ0n) is 9.60. The second kappa shape index (κ2) is 4.21. The molecule has 2 atom stereocenters. The van der Waals surface area contributed by atoms with E-state index in [0.29, 0.717) is 12.2 Å². The van der Waals surface area contributed by atoms with E-state index >= 15 is 0 Å². The quantitative estimate of drug-likeness (QED) is 0.882. The van der Waals surface area contributed by atoms with Gasteiger partial charge in [-0.1, -0.05) is 30.3 Å². The number of nitrogens with zero attached hydrogens (tertiary/aromatic N) is 4.